The molecule has 0 aliphatic rings. The molecule has 0 aromatic heterocycles. The molecule has 56 valence electrons. The molecule has 0 saturated heterocycles. The molecule has 7 heteroatoms. The van der Waals surface area contributed by atoms with Crippen LogP contribution in [0.15, 0.2) is 0 Å². The normalized spacial score (nSPS) is 12.0. The highest BCUT2D eigenvalue weighted by atomic mass is 127. The Morgan fingerprint density at radius 2 is 1.89 bits per heavy atom. The first kappa shape index (κ1) is 9.88. The van der Waals surface area contributed by atoms with E-state index < -0.39 is 5.12 Å². The van der Waals surface area contributed by atoms with E-state index in [1.54, 1.807) is 0 Å². The predicted molar refractivity (Wildman–Crippen MR) is 48.0 cm³/mol. The molecule has 0 amide bonds. The molecule has 0 saturated carbocycles. The van der Waals surface area contributed by atoms with Crippen molar-refractivity contribution >= 4 is 34.6 Å². The Labute approximate surface area is 72.1 Å². The Morgan fingerprint density at radius 3 is 1.89 bits per heavy atom. The van der Waals surface area contributed by atoms with Crippen LogP contribution in [0.4, 0.5) is 0 Å². The van der Waals surface area contributed by atoms with Crippen LogP contribution in [0, 0.1) is 0 Å². The van der Waals surface area contributed by atoms with Crippen molar-refractivity contribution in [3.8, 4) is 0 Å². The van der Waals surface area contributed by atoms with Gasteiger partial charge in [0, 0.05) is 22.9 Å². The highest BCUT2D eigenvalue weighted by Gasteiger charge is 2.23. The van der Waals surface area contributed by atoms with Gasteiger partial charge in [0.25, 0.3) is 0 Å². The lowest BCUT2D eigenvalue weighted by molar-refractivity contribution is 0.393. The van der Waals surface area contributed by atoms with Gasteiger partial charge in [-0.25, -0.2) is 14.4 Å². The van der Waals surface area contributed by atoms with Gasteiger partial charge in [0.1, 0.15) is 0 Å². The maximum atomic E-state index is 5.16. The second kappa shape index (κ2) is 4.66. The van der Waals surface area contributed by atoms with Crippen LogP contribution >= 0.6 is 34.6 Å². The van der Waals surface area contributed by atoms with Crippen LogP contribution in [0.2, 0.25) is 0 Å². The van der Waals surface area contributed by atoms with Crippen LogP contribution in [-0.2, 0) is 0 Å². The van der Waals surface area contributed by atoms with Crippen molar-refractivity contribution in [3.05, 3.63) is 0 Å². The molecule has 0 bridgehead atoms. The molecule has 0 spiro atoms. The third-order valence-electron chi connectivity index (χ3n) is 0.846. The molecule has 7 N–H and O–H groups in total. The molecule has 0 atom stereocenters. The summed E-state index contributed by atoms with van der Waals surface area (Å²) in [5.74, 6) is 10.3. The summed E-state index contributed by atoms with van der Waals surface area (Å²) in [6.07, 6.45) is 1.87. The van der Waals surface area contributed by atoms with Crippen molar-refractivity contribution in [2.45, 2.75) is 5.12 Å². The first-order valence-electron chi connectivity index (χ1n) is 2.13. The topological polar surface area (TPSA) is 88.1 Å². The van der Waals surface area contributed by atoms with E-state index in [9.17, 15) is 0 Å². The molecule has 0 aromatic carbocycles. The van der Waals surface area contributed by atoms with Gasteiger partial charge >= 0.3 is 0 Å². The van der Waals surface area contributed by atoms with Crippen molar-refractivity contribution in [1.82, 2.24) is 14.4 Å². The number of hydrogen-bond acceptors (Lipinski definition) is 6. The Hall–Kier alpha value is 0.880. The van der Waals surface area contributed by atoms with E-state index in [0.717, 1.165) is 0 Å². The number of nitrogens with two attached hydrogens (primary N) is 2. The third-order valence-corrected chi connectivity index (χ3v) is 2.97. The van der Waals surface area contributed by atoms with Crippen molar-refractivity contribution < 1.29 is 0 Å². The van der Waals surface area contributed by atoms with Gasteiger partial charge in [-0.1, -0.05) is 0 Å². The standard InChI is InChI=1S/C2H10IN5S/c1-9-2(6-3,7-4)8-5/h6-8H,4-5H2,1H3. The van der Waals surface area contributed by atoms with Crippen molar-refractivity contribution in [1.29, 1.82) is 0 Å². The predicted octanol–water partition coefficient (Wildman–Crippen LogP) is -1.17. The van der Waals surface area contributed by atoms with Crippen LogP contribution in [-0.4, -0.2) is 11.4 Å². The zero-order valence-electron chi connectivity index (χ0n) is 4.94. The van der Waals surface area contributed by atoms with E-state index >= 15 is 0 Å². The maximum absolute atomic E-state index is 5.16. The largest absolute Gasteiger partial charge is 0.268 e. The van der Waals surface area contributed by atoms with Gasteiger partial charge in [-0.05, 0) is 6.26 Å². The molecular weight excluding hydrogens is 253 g/mol. The van der Waals surface area contributed by atoms with Crippen LogP contribution in [0.25, 0.3) is 0 Å². The summed E-state index contributed by atoms with van der Waals surface area (Å²) < 4.78 is 2.83. The summed E-state index contributed by atoms with van der Waals surface area (Å²) in [5.41, 5.74) is 4.95. The zero-order chi connectivity index (χ0) is 7.33. The monoisotopic (exact) mass is 263 g/mol. The first-order valence-corrected chi connectivity index (χ1v) is 4.43. The van der Waals surface area contributed by atoms with Gasteiger partial charge in [-0.15, -0.1) is 11.8 Å². The minimum atomic E-state index is -0.624. The lowest BCUT2D eigenvalue weighted by atomic mass is 10.9. The number of rotatable bonds is 4. The highest BCUT2D eigenvalue weighted by Crippen LogP contribution is 2.10. The van der Waals surface area contributed by atoms with Crippen LogP contribution in [0.5, 0.6) is 0 Å². The Kier molecular flexibility index (Phi) is 5.11. The van der Waals surface area contributed by atoms with Crippen molar-refractivity contribution in [2.75, 3.05) is 6.26 Å². The fraction of sp³-hybridized carbons (Fsp3) is 1.00. The minimum absolute atomic E-state index is 0.624. The van der Waals surface area contributed by atoms with Crippen LogP contribution in [0.1, 0.15) is 0 Å². The Bertz CT molecular complexity index is 57.8. The van der Waals surface area contributed by atoms with Gasteiger partial charge in [0.15, 0.2) is 0 Å². The molecule has 5 nitrogen and oxygen atoms in total. The van der Waals surface area contributed by atoms with E-state index in [-0.39, 0.29) is 0 Å². The van der Waals surface area contributed by atoms with E-state index in [4.69, 9.17) is 11.7 Å². The fourth-order valence-electron chi connectivity index (χ4n) is 0.253. The van der Waals surface area contributed by atoms with Crippen molar-refractivity contribution in [2.24, 2.45) is 11.7 Å². The van der Waals surface area contributed by atoms with Gasteiger partial charge in [0.2, 0.25) is 5.12 Å². The zero-order valence-corrected chi connectivity index (χ0v) is 7.91. The maximum Gasteiger partial charge on any atom is 0.206 e. The average molecular weight is 263 g/mol. The second-order valence-corrected chi connectivity index (χ2v) is 2.83. The molecule has 0 radical (unpaired) electrons. The van der Waals surface area contributed by atoms with Crippen LogP contribution in [0.3, 0.4) is 0 Å². The Balaban J connectivity index is 3.82. The molecule has 9 heavy (non-hydrogen) atoms. The van der Waals surface area contributed by atoms with Gasteiger partial charge in [-0.2, -0.15) is 0 Å². The van der Waals surface area contributed by atoms with Crippen molar-refractivity contribution in [3.63, 3.8) is 0 Å². The minimum Gasteiger partial charge on any atom is -0.268 e. The van der Waals surface area contributed by atoms with E-state index in [1.807, 2.05) is 29.1 Å². The molecule has 0 rings (SSSR count). The lowest BCUT2D eigenvalue weighted by Crippen LogP contribution is -2.65. The molecule has 0 fully saturated rings. The van der Waals surface area contributed by atoms with E-state index in [0.29, 0.717) is 0 Å². The molecular formula is C2H10IN5S. The van der Waals surface area contributed by atoms with Gasteiger partial charge in [-0.3, -0.25) is 11.7 Å². The summed E-state index contributed by atoms with van der Waals surface area (Å²) >= 11 is 3.37. The van der Waals surface area contributed by atoms with E-state index in [2.05, 4.69) is 14.4 Å². The molecule has 0 aromatic rings. The summed E-state index contributed by atoms with van der Waals surface area (Å²) in [7, 11) is 0. The smallest absolute Gasteiger partial charge is 0.206 e. The number of halogens is 1. The van der Waals surface area contributed by atoms with E-state index in [1.165, 1.54) is 11.8 Å². The summed E-state index contributed by atoms with van der Waals surface area (Å²) in [6.45, 7) is 0. The third kappa shape index (κ3) is 2.53. The number of hydrazine groups is 2. The lowest BCUT2D eigenvalue weighted by Gasteiger charge is -2.27. The summed E-state index contributed by atoms with van der Waals surface area (Å²) in [5, 5.41) is -0.624. The fourth-order valence-corrected chi connectivity index (χ4v) is 1.54. The first-order chi connectivity index (χ1) is 4.24. The molecule has 0 aliphatic carbocycles. The van der Waals surface area contributed by atoms with Crippen LogP contribution < -0.4 is 26.1 Å². The highest BCUT2D eigenvalue weighted by molar-refractivity contribution is 14.1. The molecule has 0 unspecified atom stereocenters. The van der Waals surface area contributed by atoms with Gasteiger partial charge < -0.3 is 0 Å². The molecule has 0 heterocycles. The number of hydrogen-bond donors (Lipinski definition) is 5. The number of nitrogens with one attached hydrogen (secondary N) is 3. The number of thioether (sulfide) groups is 1. The second-order valence-electron chi connectivity index (χ2n) is 1.27. The quantitative estimate of drug-likeness (QED) is 0.144. The SMILES string of the molecule is CSC(NN)(NN)NI. The Morgan fingerprint density at radius 1 is 1.44 bits per heavy atom. The summed E-state index contributed by atoms with van der Waals surface area (Å²) in [6, 6.07) is 0. The van der Waals surface area contributed by atoms with Gasteiger partial charge in [0.05, 0.1) is 0 Å². The molecule has 0 aliphatic heterocycles. The average Bonchev–Trinajstić information content (AvgIpc) is 1.95. The summed E-state index contributed by atoms with van der Waals surface area (Å²) in [4.78, 5) is 0.